The summed E-state index contributed by atoms with van der Waals surface area (Å²) < 4.78 is 5.72. The van der Waals surface area contributed by atoms with Crippen LogP contribution in [0.25, 0.3) is 11.3 Å². The molecule has 2 N–H and O–H groups in total. The molecule has 0 bridgehead atoms. The van der Waals surface area contributed by atoms with Gasteiger partial charge < -0.3 is 29.9 Å². The smallest absolute Gasteiger partial charge is 0.225 e. The molecule has 5 aliphatic rings. The van der Waals surface area contributed by atoms with E-state index in [4.69, 9.17) is 14.7 Å². The summed E-state index contributed by atoms with van der Waals surface area (Å²) in [7, 11) is 0. The molecule has 2 aromatic heterocycles. The second-order valence-electron chi connectivity index (χ2n) is 14.6. The molecular formula is C36H49N9O2. The van der Waals surface area contributed by atoms with Gasteiger partial charge in [0, 0.05) is 76.7 Å². The van der Waals surface area contributed by atoms with Crippen molar-refractivity contribution in [3.8, 4) is 17.0 Å². The van der Waals surface area contributed by atoms with Gasteiger partial charge in [-0.1, -0.05) is 12.1 Å². The minimum atomic E-state index is 0.210. The molecule has 2 saturated carbocycles. The number of anilines is 4. The Balaban J connectivity index is 0.849. The number of para-hydroxylation sites is 1. The number of rotatable bonds is 7. The largest absolute Gasteiger partial charge is 0.507 e. The average molecular weight is 640 g/mol. The van der Waals surface area contributed by atoms with Gasteiger partial charge in [-0.15, -0.1) is 10.2 Å². The molecule has 3 aliphatic heterocycles. The topological polar surface area (TPSA) is 106 Å². The summed E-state index contributed by atoms with van der Waals surface area (Å²) in [5.41, 5.74) is 4.13. The Morgan fingerprint density at radius 1 is 0.957 bits per heavy atom. The first kappa shape index (κ1) is 30.6. The summed E-state index contributed by atoms with van der Waals surface area (Å²) >= 11 is 0. The number of fused-ring (bicyclic) bond motifs is 3. The lowest BCUT2D eigenvalue weighted by Gasteiger charge is -2.57. The summed E-state index contributed by atoms with van der Waals surface area (Å²) in [5, 5.41) is 22.7. The third-order valence-electron chi connectivity index (χ3n) is 11.7. The van der Waals surface area contributed by atoms with Gasteiger partial charge in [0.15, 0.2) is 5.82 Å². The van der Waals surface area contributed by atoms with Gasteiger partial charge in [-0.3, -0.25) is 4.90 Å². The zero-order chi connectivity index (χ0) is 32.0. The molecule has 47 heavy (non-hydrogen) atoms. The molecule has 2 atom stereocenters. The van der Waals surface area contributed by atoms with Gasteiger partial charge in [-0.25, -0.2) is 9.97 Å². The third kappa shape index (κ3) is 5.97. The molecule has 1 spiro atoms. The van der Waals surface area contributed by atoms with Crippen molar-refractivity contribution in [2.75, 3.05) is 79.0 Å². The zero-order valence-corrected chi connectivity index (χ0v) is 27.9. The number of hydrogen-bond acceptors (Lipinski definition) is 11. The molecule has 11 nitrogen and oxygen atoms in total. The van der Waals surface area contributed by atoms with Crippen LogP contribution in [0, 0.1) is 11.3 Å². The van der Waals surface area contributed by atoms with Crippen LogP contribution in [0.2, 0.25) is 0 Å². The van der Waals surface area contributed by atoms with E-state index in [9.17, 15) is 5.11 Å². The highest BCUT2D eigenvalue weighted by Crippen LogP contribution is 2.54. The molecule has 0 radical (unpaired) electrons. The molecule has 11 heteroatoms. The SMILES string of the molecule is CCOCC1CCC2(CC1)CC(N1CCN(c3cnc(N4CCN5c6cc(-c7ccccc7O)nnc6NC[C@H]5C4)nc3)C[C@H]1C)C2. The molecule has 2 saturated heterocycles. The Morgan fingerprint density at radius 3 is 2.51 bits per heavy atom. The van der Waals surface area contributed by atoms with E-state index in [2.05, 4.69) is 49.0 Å². The second kappa shape index (κ2) is 12.7. The minimum Gasteiger partial charge on any atom is -0.507 e. The molecule has 3 aromatic rings. The van der Waals surface area contributed by atoms with E-state index in [1.807, 2.05) is 36.7 Å². The lowest BCUT2D eigenvalue weighted by atomic mass is 9.56. The van der Waals surface area contributed by atoms with Crippen molar-refractivity contribution < 1.29 is 9.84 Å². The predicted molar refractivity (Wildman–Crippen MR) is 185 cm³/mol. The lowest BCUT2D eigenvalue weighted by Crippen LogP contribution is -2.61. The Kier molecular flexibility index (Phi) is 8.29. The number of phenols is 1. The highest BCUT2D eigenvalue weighted by atomic mass is 16.5. The molecule has 0 unspecified atom stereocenters. The lowest BCUT2D eigenvalue weighted by molar-refractivity contribution is -0.0569. The molecular weight excluding hydrogens is 590 g/mol. The van der Waals surface area contributed by atoms with Crippen molar-refractivity contribution in [2.45, 2.75) is 70.5 Å². The van der Waals surface area contributed by atoms with E-state index in [0.29, 0.717) is 22.7 Å². The number of aromatic nitrogens is 4. The highest BCUT2D eigenvalue weighted by Gasteiger charge is 2.49. The van der Waals surface area contributed by atoms with E-state index in [0.717, 1.165) is 94.1 Å². The number of aromatic hydroxyl groups is 1. The summed E-state index contributed by atoms with van der Waals surface area (Å²) in [5.74, 6) is 2.58. The van der Waals surface area contributed by atoms with Gasteiger partial charge in [0.1, 0.15) is 5.75 Å². The van der Waals surface area contributed by atoms with Crippen molar-refractivity contribution in [1.82, 2.24) is 25.1 Å². The van der Waals surface area contributed by atoms with Crippen LogP contribution < -0.4 is 20.0 Å². The number of nitrogens with one attached hydrogen (secondary N) is 1. The van der Waals surface area contributed by atoms with Gasteiger partial charge in [0.05, 0.1) is 35.5 Å². The van der Waals surface area contributed by atoms with Crippen LogP contribution >= 0.6 is 0 Å². The normalized spacial score (nSPS) is 29.2. The standard InChI is InChI=1S/C36H49N9O2/c1-3-47-24-26-8-10-36(11-9-26)17-27(18-36)44-14-12-42(22-25(44)2)28-19-38-35(39-20-28)43-13-15-45-29(23-43)21-37-34-32(45)16-31(40-41-34)30-6-4-5-7-33(30)46/h4-7,16,19-20,25-27,29,46H,3,8-15,17-18,21-24H2,1-2H3,(H,37,41)/t25-,26?,27?,29+,36?/m1/s1. The first-order chi connectivity index (χ1) is 23.0. The predicted octanol–water partition coefficient (Wildman–Crippen LogP) is 4.65. The van der Waals surface area contributed by atoms with Gasteiger partial charge in [0.25, 0.3) is 0 Å². The Morgan fingerprint density at radius 2 is 1.74 bits per heavy atom. The molecule has 1 aromatic carbocycles. The first-order valence-electron chi connectivity index (χ1n) is 17.8. The van der Waals surface area contributed by atoms with E-state index >= 15 is 0 Å². The quantitative estimate of drug-likeness (QED) is 0.378. The van der Waals surface area contributed by atoms with Crippen molar-refractivity contribution >= 4 is 23.1 Å². The fourth-order valence-corrected chi connectivity index (χ4v) is 9.01. The van der Waals surface area contributed by atoms with Crippen LogP contribution in [0.1, 0.15) is 52.4 Å². The van der Waals surface area contributed by atoms with Crippen molar-refractivity contribution in [3.63, 3.8) is 0 Å². The highest BCUT2D eigenvalue weighted by molar-refractivity contribution is 5.76. The summed E-state index contributed by atoms with van der Waals surface area (Å²) in [4.78, 5) is 19.7. The maximum atomic E-state index is 10.4. The molecule has 2 aliphatic carbocycles. The maximum Gasteiger partial charge on any atom is 0.225 e. The van der Waals surface area contributed by atoms with Gasteiger partial charge in [0.2, 0.25) is 5.95 Å². The Bertz CT molecular complexity index is 1540. The summed E-state index contributed by atoms with van der Waals surface area (Å²) in [6.45, 7) is 12.8. The molecule has 250 valence electrons. The Labute approximate surface area is 278 Å². The van der Waals surface area contributed by atoms with Crippen molar-refractivity contribution in [1.29, 1.82) is 0 Å². The van der Waals surface area contributed by atoms with Crippen LogP contribution in [0.4, 0.5) is 23.1 Å². The fraction of sp³-hybridized carbons (Fsp3) is 0.611. The number of ether oxygens (including phenoxy) is 1. The van der Waals surface area contributed by atoms with Crippen LogP contribution in [0.15, 0.2) is 42.7 Å². The van der Waals surface area contributed by atoms with Crippen LogP contribution in [-0.4, -0.2) is 107 Å². The molecule has 5 heterocycles. The number of phenolic OH excluding ortho intramolecular Hbond substituents is 1. The van der Waals surface area contributed by atoms with E-state index in [1.54, 1.807) is 6.07 Å². The van der Waals surface area contributed by atoms with E-state index in [-0.39, 0.29) is 11.8 Å². The van der Waals surface area contributed by atoms with Gasteiger partial charge in [-0.05, 0) is 81.9 Å². The van der Waals surface area contributed by atoms with Crippen molar-refractivity contribution in [2.24, 2.45) is 11.3 Å². The second-order valence-corrected chi connectivity index (χ2v) is 14.6. The fourth-order valence-electron chi connectivity index (χ4n) is 9.01. The number of piperazine rings is 2. The minimum absolute atomic E-state index is 0.210. The zero-order valence-electron chi connectivity index (χ0n) is 27.9. The summed E-state index contributed by atoms with van der Waals surface area (Å²) in [6.07, 6.45) is 12.3. The summed E-state index contributed by atoms with van der Waals surface area (Å²) in [6, 6.07) is 10.9. The molecule has 8 rings (SSSR count). The van der Waals surface area contributed by atoms with Crippen molar-refractivity contribution in [3.05, 3.63) is 42.7 Å². The van der Waals surface area contributed by atoms with Crippen LogP contribution in [0.3, 0.4) is 0 Å². The van der Waals surface area contributed by atoms with Crippen LogP contribution in [0.5, 0.6) is 5.75 Å². The number of benzene rings is 1. The van der Waals surface area contributed by atoms with E-state index < -0.39 is 0 Å². The first-order valence-corrected chi connectivity index (χ1v) is 17.8. The van der Waals surface area contributed by atoms with Gasteiger partial charge in [-0.2, -0.15) is 0 Å². The molecule has 4 fully saturated rings. The van der Waals surface area contributed by atoms with Crippen LogP contribution in [-0.2, 0) is 4.74 Å². The monoisotopic (exact) mass is 639 g/mol. The average Bonchev–Trinajstić information content (AvgIpc) is 3.10. The maximum absolute atomic E-state index is 10.4. The Hall–Kier alpha value is -3.70. The number of hydrogen-bond donors (Lipinski definition) is 2. The third-order valence-corrected chi connectivity index (χ3v) is 11.7. The molecule has 0 amide bonds. The van der Waals surface area contributed by atoms with Gasteiger partial charge >= 0.3 is 0 Å². The van der Waals surface area contributed by atoms with E-state index in [1.165, 1.54) is 38.5 Å². The number of nitrogens with zero attached hydrogens (tertiary/aromatic N) is 8.